The van der Waals surface area contributed by atoms with E-state index in [9.17, 15) is 49.5 Å². The van der Waals surface area contributed by atoms with Crippen molar-refractivity contribution in [1.29, 1.82) is 0 Å². The monoisotopic (exact) mass is 843 g/mol. The number of methoxy groups -OCH3 is 1. The molecule has 0 bridgehead atoms. The first-order chi connectivity index (χ1) is 27.0. The van der Waals surface area contributed by atoms with E-state index in [2.05, 4.69) is 15.6 Å². The fourth-order valence-corrected chi connectivity index (χ4v) is 8.76. The lowest BCUT2D eigenvalue weighted by Gasteiger charge is -2.34. The van der Waals surface area contributed by atoms with Gasteiger partial charge in [-0.1, -0.05) is 26.0 Å². The summed E-state index contributed by atoms with van der Waals surface area (Å²) in [4.78, 5) is 61.2. The molecule has 3 N–H and O–H groups in total. The summed E-state index contributed by atoms with van der Waals surface area (Å²) in [6.07, 6.45) is -2.43. The highest BCUT2D eigenvalue weighted by molar-refractivity contribution is 7.91. The summed E-state index contributed by atoms with van der Waals surface area (Å²) in [5.74, 6) is -4.93. The molecule has 2 aromatic rings. The molecule has 1 aromatic carbocycles. The van der Waals surface area contributed by atoms with Crippen LogP contribution in [0.1, 0.15) is 72.6 Å². The molecule has 58 heavy (non-hydrogen) atoms. The Hall–Kier alpha value is -4.75. The third kappa shape index (κ3) is 8.52. The Balaban J connectivity index is 1.36. The van der Waals surface area contributed by atoms with E-state index in [1.807, 2.05) is 6.92 Å². The Labute approximate surface area is 331 Å². The van der Waals surface area contributed by atoms with Crippen molar-refractivity contribution in [3.8, 4) is 11.6 Å². The molecule has 0 spiro atoms. The number of sulfonamides is 1. The normalized spacial score (nSPS) is 29.4. The van der Waals surface area contributed by atoms with Crippen LogP contribution in [0.5, 0.6) is 11.6 Å². The number of ether oxygens (including phenoxy) is 3. The minimum absolute atomic E-state index is 0.0542. The molecular formula is C38H46F5N5O9S. The molecular weight excluding hydrogens is 798 g/mol. The smallest absolute Gasteiger partial charge is 0.427 e. The van der Waals surface area contributed by atoms with E-state index in [1.165, 1.54) is 25.4 Å². The number of alkyl halides is 4. The molecule has 0 unspecified atom stereocenters. The van der Waals surface area contributed by atoms with Crippen LogP contribution in [0.4, 0.5) is 26.7 Å². The van der Waals surface area contributed by atoms with E-state index in [0.717, 1.165) is 11.0 Å². The van der Waals surface area contributed by atoms with Crippen molar-refractivity contribution in [3.05, 3.63) is 42.4 Å². The summed E-state index contributed by atoms with van der Waals surface area (Å²) in [5, 5.41) is 2.93. The van der Waals surface area contributed by atoms with Crippen LogP contribution < -0.4 is 24.8 Å². The van der Waals surface area contributed by atoms with Crippen LogP contribution >= 0.6 is 0 Å². The van der Waals surface area contributed by atoms with Crippen molar-refractivity contribution in [2.75, 3.05) is 13.7 Å². The topological polar surface area (TPSA) is 182 Å². The predicted octanol–water partition coefficient (Wildman–Crippen LogP) is 4.96. The molecule has 3 heterocycles. The lowest BCUT2D eigenvalue weighted by molar-refractivity contribution is -0.244. The van der Waals surface area contributed by atoms with E-state index in [4.69, 9.17) is 14.2 Å². The van der Waals surface area contributed by atoms with Gasteiger partial charge in [-0.05, 0) is 69.6 Å². The second kappa shape index (κ2) is 15.4. The van der Waals surface area contributed by atoms with E-state index < -0.39 is 92.0 Å². The molecule has 4 amide bonds. The van der Waals surface area contributed by atoms with Gasteiger partial charge in [-0.15, -0.1) is 0 Å². The summed E-state index contributed by atoms with van der Waals surface area (Å²) in [6, 6.07) is 0.810. The number of carbonyl (C=O) groups excluding carboxylic acids is 4. The van der Waals surface area contributed by atoms with Crippen molar-refractivity contribution >= 4 is 44.6 Å². The molecule has 6 rings (SSSR count). The summed E-state index contributed by atoms with van der Waals surface area (Å²) >= 11 is 0. The van der Waals surface area contributed by atoms with E-state index in [1.54, 1.807) is 23.8 Å². The Morgan fingerprint density at radius 3 is 2.45 bits per heavy atom. The van der Waals surface area contributed by atoms with Gasteiger partial charge in [-0.3, -0.25) is 14.4 Å². The zero-order valence-corrected chi connectivity index (χ0v) is 33.3. The number of aromatic nitrogens is 1. The summed E-state index contributed by atoms with van der Waals surface area (Å²) in [7, 11) is -3.38. The summed E-state index contributed by atoms with van der Waals surface area (Å²) in [5.41, 5.74) is -4.79. The minimum atomic E-state index is -4.96. The molecule has 20 heteroatoms. The number of rotatable bonds is 8. The predicted molar refractivity (Wildman–Crippen MR) is 197 cm³/mol. The maximum atomic E-state index is 14.8. The Morgan fingerprint density at radius 2 is 1.79 bits per heavy atom. The van der Waals surface area contributed by atoms with Gasteiger partial charge in [0.1, 0.15) is 35.3 Å². The van der Waals surface area contributed by atoms with E-state index in [0.29, 0.717) is 44.2 Å². The van der Waals surface area contributed by atoms with Gasteiger partial charge in [0.25, 0.3) is 15.9 Å². The summed E-state index contributed by atoms with van der Waals surface area (Å²) in [6.45, 7) is 4.44. The maximum Gasteiger partial charge on any atom is 0.427 e. The van der Waals surface area contributed by atoms with Crippen molar-refractivity contribution in [2.24, 2.45) is 17.8 Å². The Kier molecular flexibility index (Phi) is 11.4. The average molecular weight is 844 g/mol. The molecule has 4 aliphatic rings. The first-order valence-electron chi connectivity index (χ1n) is 18.9. The summed E-state index contributed by atoms with van der Waals surface area (Å²) < 4.78 is 114. The SMILES string of the molecule is COc1cnc(O[C@@H]2C[C@H]3C(=O)N[C@]4(C(=O)NS(=O)(=O)C5(F)CC5)C[C@H]4/C=C\CC[C@@H](C)C[C@@H](C)[C@H](NC(=O)OC(C)(C)C(F)(F)F)C(=O)N3C2)c2cc(F)ccc12. The number of nitrogens with zero attached hydrogens (tertiary/aromatic N) is 2. The van der Waals surface area contributed by atoms with Gasteiger partial charge in [0, 0.05) is 30.6 Å². The largest absolute Gasteiger partial charge is 0.494 e. The van der Waals surface area contributed by atoms with Crippen LogP contribution in [0.25, 0.3) is 10.8 Å². The standard InChI is InChI=1S/C38H46F5N5O9S/c1-20-8-6-7-9-22-17-37(22,33(51)47-58(53,54)36(40)12-13-36)46-30(49)27-16-24(56-31-26-15-23(39)10-11-25(26)28(55-5)18-44-31)19-48(27)32(50)29(21(2)14-20)45-34(52)57-35(3,4)38(41,42)43/h7,9-11,15,18,20-22,24,27,29H,6,8,12-14,16-17,19H2,1-5H3,(H,45,52)(H,46,49)(H,47,51)/b9-7-/t20-,21-,22-,24-,27+,29+,37-/m1/s1. The van der Waals surface area contributed by atoms with Crippen LogP contribution in [0.15, 0.2) is 36.5 Å². The van der Waals surface area contributed by atoms with Gasteiger partial charge >= 0.3 is 12.3 Å². The molecule has 1 saturated heterocycles. The van der Waals surface area contributed by atoms with Crippen LogP contribution in [0, 0.1) is 23.6 Å². The molecule has 2 saturated carbocycles. The van der Waals surface area contributed by atoms with Crippen LogP contribution in [-0.4, -0.2) is 96.3 Å². The lowest BCUT2D eigenvalue weighted by Crippen LogP contribution is -2.59. The lowest BCUT2D eigenvalue weighted by atomic mass is 9.88. The van der Waals surface area contributed by atoms with Gasteiger partial charge in [0.05, 0.1) is 25.2 Å². The number of halogens is 5. The maximum absolute atomic E-state index is 14.8. The van der Waals surface area contributed by atoms with Gasteiger partial charge in [0.15, 0.2) is 0 Å². The van der Waals surface area contributed by atoms with Gasteiger partial charge in [-0.25, -0.2) is 31.7 Å². The fourth-order valence-electron chi connectivity index (χ4n) is 7.51. The second-order valence-corrected chi connectivity index (χ2v) is 18.2. The second-order valence-electron chi connectivity index (χ2n) is 16.2. The first-order valence-corrected chi connectivity index (χ1v) is 20.4. The number of alkyl carbamates (subject to hydrolysis) is 1. The first kappa shape index (κ1) is 42.8. The zero-order valence-electron chi connectivity index (χ0n) is 32.5. The highest BCUT2D eigenvalue weighted by Crippen LogP contribution is 2.48. The number of amides is 4. The van der Waals surface area contributed by atoms with Crippen molar-refractivity contribution < 1.29 is 63.8 Å². The average Bonchev–Trinajstić information content (AvgIpc) is 4.01. The molecule has 2 aliphatic heterocycles. The van der Waals surface area contributed by atoms with Crippen LogP contribution in [0.2, 0.25) is 0 Å². The number of carbonyl (C=O) groups is 4. The van der Waals surface area contributed by atoms with Gasteiger partial charge in [0.2, 0.25) is 28.3 Å². The third-order valence-corrected chi connectivity index (χ3v) is 13.2. The number of hydrogen-bond donors (Lipinski definition) is 3. The van der Waals surface area contributed by atoms with E-state index >= 15 is 0 Å². The highest BCUT2D eigenvalue weighted by atomic mass is 32.2. The minimum Gasteiger partial charge on any atom is -0.494 e. The quantitative estimate of drug-likeness (QED) is 0.243. The molecule has 318 valence electrons. The molecule has 0 radical (unpaired) electrons. The number of pyridine rings is 1. The highest BCUT2D eigenvalue weighted by Gasteiger charge is 2.64. The van der Waals surface area contributed by atoms with Gasteiger partial charge < -0.3 is 29.7 Å². The van der Waals surface area contributed by atoms with Gasteiger partial charge in [-0.2, -0.15) is 13.2 Å². The third-order valence-electron chi connectivity index (χ3n) is 11.3. The molecule has 14 nitrogen and oxygen atoms in total. The molecule has 3 fully saturated rings. The Bertz CT molecular complexity index is 2110. The molecule has 1 aromatic heterocycles. The van der Waals surface area contributed by atoms with Crippen LogP contribution in [-0.2, 0) is 29.1 Å². The van der Waals surface area contributed by atoms with E-state index in [-0.39, 0.29) is 49.4 Å². The molecule has 7 atom stereocenters. The van der Waals surface area contributed by atoms with Crippen molar-refractivity contribution in [3.63, 3.8) is 0 Å². The number of benzene rings is 1. The zero-order chi connectivity index (χ0) is 42.6. The number of allylic oxidation sites excluding steroid dienone is 1. The number of nitrogens with one attached hydrogen (secondary N) is 3. The number of fused-ring (bicyclic) bond motifs is 3. The Morgan fingerprint density at radius 1 is 1.09 bits per heavy atom. The molecule has 2 aliphatic carbocycles. The number of hydrogen-bond acceptors (Lipinski definition) is 10. The van der Waals surface area contributed by atoms with Crippen molar-refractivity contribution in [1.82, 2.24) is 25.2 Å². The fraction of sp³-hybridized carbons (Fsp3) is 0.605. The van der Waals surface area contributed by atoms with Crippen LogP contribution in [0.3, 0.4) is 0 Å². The van der Waals surface area contributed by atoms with Crippen molar-refractivity contribution in [2.45, 2.75) is 113 Å².